The van der Waals surface area contributed by atoms with Gasteiger partial charge in [-0.2, -0.15) is 0 Å². The van der Waals surface area contributed by atoms with Crippen molar-refractivity contribution in [3.63, 3.8) is 0 Å². The van der Waals surface area contributed by atoms with Crippen molar-refractivity contribution in [2.24, 2.45) is 0 Å². The highest BCUT2D eigenvalue weighted by molar-refractivity contribution is 7.94. The van der Waals surface area contributed by atoms with Crippen LogP contribution in [-0.4, -0.2) is 20.0 Å². The Bertz CT molecular complexity index is 927. The van der Waals surface area contributed by atoms with Crippen molar-refractivity contribution in [3.8, 4) is 16.4 Å². The zero-order valence-electron chi connectivity index (χ0n) is 13.1. The molecule has 0 aliphatic carbocycles. The van der Waals surface area contributed by atoms with E-state index in [-0.39, 0.29) is 4.21 Å². The molecule has 126 valence electrons. The van der Waals surface area contributed by atoms with E-state index in [1.54, 1.807) is 49.5 Å². The summed E-state index contributed by atoms with van der Waals surface area (Å²) >= 11 is 1.13. The first-order valence-electron chi connectivity index (χ1n) is 7.26. The molecule has 0 fully saturated rings. The maximum atomic E-state index is 12.5. The van der Waals surface area contributed by atoms with Crippen molar-refractivity contribution in [2.75, 3.05) is 11.3 Å². The Morgan fingerprint density at radius 2 is 1.96 bits per heavy atom. The average Bonchev–Trinajstić information content (AvgIpc) is 3.18. The lowest BCUT2D eigenvalue weighted by Gasteiger charge is -2.07. The van der Waals surface area contributed by atoms with Gasteiger partial charge in [-0.05, 0) is 43.3 Å². The number of benzene rings is 1. The number of sulfonamides is 1. The summed E-state index contributed by atoms with van der Waals surface area (Å²) in [7, 11) is -3.65. The first kappa shape index (κ1) is 16.5. The second-order valence-corrected chi connectivity index (χ2v) is 7.92. The number of ether oxygens (including phenoxy) is 1. The Morgan fingerprint density at radius 3 is 2.58 bits per heavy atom. The molecule has 2 heterocycles. The van der Waals surface area contributed by atoms with E-state index in [1.165, 1.54) is 0 Å². The number of oxazole rings is 1. The molecule has 8 heteroatoms. The molecule has 0 aliphatic heterocycles. The van der Waals surface area contributed by atoms with Crippen molar-refractivity contribution in [1.82, 2.24) is 4.98 Å². The summed E-state index contributed by atoms with van der Waals surface area (Å²) in [4.78, 5) is 4.73. The fourth-order valence-corrected chi connectivity index (χ4v) is 4.37. The first-order valence-corrected chi connectivity index (χ1v) is 9.56. The summed E-state index contributed by atoms with van der Waals surface area (Å²) in [5.41, 5.74) is 0.476. The van der Waals surface area contributed by atoms with E-state index in [0.717, 1.165) is 11.3 Å². The maximum absolute atomic E-state index is 12.5. The molecular formula is C16H16N2O4S2. The smallest absolute Gasteiger partial charge is 0.271 e. The highest BCUT2D eigenvalue weighted by Crippen LogP contribution is 2.32. The second-order valence-electron chi connectivity index (χ2n) is 4.93. The fourth-order valence-electron chi connectivity index (χ4n) is 2.06. The lowest BCUT2D eigenvalue weighted by molar-refractivity contribution is 0.340. The molecule has 2 aromatic heterocycles. The Morgan fingerprint density at radius 1 is 1.21 bits per heavy atom. The number of rotatable bonds is 6. The zero-order chi connectivity index (χ0) is 17.2. The molecule has 0 bridgehead atoms. The number of nitrogens with one attached hydrogen (secondary N) is 1. The van der Waals surface area contributed by atoms with Crippen LogP contribution >= 0.6 is 11.3 Å². The Labute approximate surface area is 144 Å². The minimum absolute atomic E-state index is 0.209. The van der Waals surface area contributed by atoms with Crippen molar-refractivity contribution in [2.45, 2.75) is 18.1 Å². The molecule has 3 aromatic rings. The van der Waals surface area contributed by atoms with E-state index < -0.39 is 10.0 Å². The van der Waals surface area contributed by atoms with Crippen LogP contribution in [0.15, 0.2) is 51.2 Å². The third-order valence-corrected chi connectivity index (χ3v) is 6.10. The Kier molecular flexibility index (Phi) is 4.59. The molecule has 1 N–H and O–H groups in total. The van der Waals surface area contributed by atoms with E-state index in [9.17, 15) is 8.42 Å². The van der Waals surface area contributed by atoms with Crippen LogP contribution < -0.4 is 9.46 Å². The molecular weight excluding hydrogens is 348 g/mol. The lowest BCUT2D eigenvalue weighted by Crippen LogP contribution is -2.11. The van der Waals surface area contributed by atoms with Crippen molar-refractivity contribution >= 4 is 27.0 Å². The Hall–Kier alpha value is -2.32. The summed E-state index contributed by atoms with van der Waals surface area (Å²) in [6.45, 7) is 4.19. The topological polar surface area (TPSA) is 81.4 Å². The molecule has 6 nitrogen and oxygen atoms in total. The molecule has 1 aromatic carbocycles. The quantitative estimate of drug-likeness (QED) is 0.717. The molecule has 0 aliphatic rings. The molecule has 0 atom stereocenters. The van der Waals surface area contributed by atoms with Gasteiger partial charge in [-0.25, -0.2) is 13.4 Å². The van der Waals surface area contributed by atoms with Gasteiger partial charge in [0.05, 0.1) is 17.7 Å². The van der Waals surface area contributed by atoms with Gasteiger partial charge in [0.25, 0.3) is 10.0 Å². The number of hydrogen-bond acceptors (Lipinski definition) is 6. The average molecular weight is 364 g/mol. The van der Waals surface area contributed by atoms with Crippen molar-refractivity contribution < 1.29 is 17.6 Å². The minimum atomic E-state index is -3.65. The third kappa shape index (κ3) is 3.60. The lowest BCUT2D eigenvalue weighted by atomic mass is 10.3. The van der Waals surface area contributed by atoms with E-state index in [4.69, 9.17) is 9.15 Å². The predicted octanol–water partition coefficient (Wildman–Crippen LogP) is 3.91. The predicted molar refractivity (Wildman–Crippen MR) is 93.0 cm³/mol. The summed E-state index contributed by atoms with van der Waals surface area (Å²) in [5, 5.41) is 0. The number of aryl methyl sites for hydroxylation is 1. The van der Waals surface area contributed by atoms with Gasteiger partial charge in [0, 0.05) is 12.6 Å². The highest BCUT2D eigenvalue weighted by Gasteiger charge is 2.18. The van der Waals surface area contributed by atoms with E-state index >= 15 is 0 Å². The van der Waals surface area contributed by atoms with Crippen LogP contribution in [0.25, 0.3) is 10.6 Å². The van der Waals surface area contributed by atoms with E-state index in [1.807, 2.05) is 6.92 Å². The van der Waals surface area contributed by atoms with Gasteiger partial charge < -0.3 is 9.15 Å². The summed E-state index contributed by atoms with van der Waals surface area (Å²) in [6, 6.07) is 10.0. The molecule has 0 amide bonds. The SMILES string of the molecule is CCOc1ccc(NS(=O)(=O)c2ccc(-c3cnc(C)o3)s2)cc1. The summed E-state index contributed by atoms with van der Waals surface area (Å²) in [5.74, 6) is 1.79. The number of anilines is 1. The van der Waals surface area contributed by atoms with Gasteiger partial charge in [0.15, 0.2) is 11.7 Å². The number of aromatic nitrogens is 1. The van der Waals surface area contributed by atoms with Crippen molar-refractivity contribution in [1.29, 1.82) is 0 Å². The minimum Gasteiger partial charge on any atom is -0.494 e. The maximum Gasteiger partial charge on any atom is 0.271 e. The Balaban J connectivity index is 1.79. The monoisotopic (exact) mass is 364 g/mol. The van der Waals surface area contributed by atoms with E-state index in [0.29, 0.717) is 34.6 Å². The molecule has 0 saturated carbocycles. The van der Waals surface area contributed by atoms with Gasteiger partial charge in [0.2, 0.25) is 0 Å². The van der Waals surface area contributed by atoms with Gasteiger partial charge in [0.1, 0.15) is 9.96 Å². The van der Waals surface area contributed by atoms with Crippen molar-refractivity contribution in [3.05, 3.63) is 48.5 Å². The van der Waals surface area contributed by atoms with Crippen LogP contribution in [0.5, 0.6) is 5.75 Å². The van der Waals surface area contributed by atoms with Gasteiger partial charge in [-0.15, -0.1) is 11.3 Å². The largest absolute Gasteiger partial charge is 0.494 e. The van der Waals surface area contributed by atoms with Gasteiger partial charge in [-0.3, -0.25) is 4.72 Å². The molecule has 0 unspecified atom stereocenters. The first-order chi connectivity index (χ1) is 11.5. The van der Waals surface area contributed by atoms with Gasteiger partial charge >= 0.3 is 0 Å². The normalized spacial score (nSPS) is 11.4. The van der Waals surface area contributed by atoms with E-state index in [2.05, 4.69) is 9.71 Å². The number of hydrogen-bond donors (Lipinski definition) is 1. The van der Waals surface area contributed by atoms with Crippen LogP contribution in [-0.2, 0) is 10.0 Å². The van der Waals surface area contributed by atoms with Crippen LogP contribution in [0.1, 0.15) is 12.8 Å². The standard InChI is InChI=1S/C16H16N2O4S2/c1-3-21-13-6-4-12(5-7-13)18-24(19,20)16-9-8-15(23-16)14-10-17-11(2)22-14/h4-10,18H,3H2,1-2H3. The third-order valence-electron chi connectivity index (χ3n) is 3.13. The molecule has 24 heavy (non-hydrogen) atoms. The molecule has 0 radical (unpaired) electrons. The summed E-state index contributed by atoms with van der Waals surface area (Å²) in [6.07, 6.45) is 1.58. The fraction of sp³-hybridized carbons (Fsp3) is 0.188. The van der Waals surface area contributed by atoms with Crippen LogP contribution in [0.2, 0.25) is 0 Å². The number of nitrogens with zero attached hydrogens (tertiary/aromatic N) is 1. The second kappa shape index (κ2) is 6.66. The summed E-state index contributed by atoms with van der Waals surface area (Å²) < 4.78 is 38.5. The van der Waals surface area contributed by atoms with Crippen LogP contribution in [0.4, 0.5) is 5.69 Å². The molecule has 0 spiro atoms. The van der Waals surface area contributed by atoms with Crippen LogP contribution in [0, 0.1) is 6.92 Å². The van der Waals surface area contributed by atoms with Crippen LogP contribution in [0.3, 0.4) is 0 Å². The van der Waals surface area contributed by atoms with Gasteiger partial charge in [-0.1, -0.05) is 0 Å². The number of thiophene rings is 1. The molecule has 3 rings (SSSR count). The molecule has 0 saturated heterocycles. The highest BCUT2D eigenvalue weighted by atomic mass is 32.2. The zero-order valence-corrected chi connectivity index (χ0v) is 14.8.